The molecule has 0 aliphatic carbocycles. The van der Waals surface area contributed by atoms with Crippen molar-refractivity contribution >= 4 is 40.6 Å². The number of rotatable bonds is 15. The molecule has 2 aromatic heterocycles. The first-order valence-electron chi connectivity index (χ1n) is 14.0. The molecule has 1 aliphatic heterocycles. The second-order valence-electron chi connectivity index (χ2n) is 10.0. The number of fused-ring (bicyclic) bond motifs is 1. The highest BCUT2D eigenvalue weighted by Gasteiger charge is 2.44. The Morgan fingerprint density at radius 1 is 1.02 bits per heavy atom. The van der Waals surface area contributed by atoms with Crippen LogP contribution in [0, 0.1) is 0 Å². The molecule has 4 atom stereocenters. The van der Waals surface area contributed by atoms with Crippen LogP contribution >= 0.6 is 11.8 Å². The molecule has 0 unspecified atom stereocenters. The Labute approximate surface area is 243 Å². The molecular formula is C28H39N7O5S. The molecule has 3 heterocycles. The standard InChI is InChI=1S/C28H39N7O5S/c1-3-4-5-6-11-30-27(39)20-9-7-19(8-10-20)14-31-25-22-26(33-16-32-25)35(17-34-22)28-24(38)23(37)21(40-28)15-41-13-12-29-18(2)36/h7-10,16-17,21,23-24,28,37-38H,3-6,11-15H2,1-2H3,(H,29,36)(H,30,39)(H,31,32,33)/t21-,23-,24-,28-/m1/s1. The summed E-state index contributed by atoms with van der Waals surface area (Å²) in [6, 6.07) is 7.41. The zero-order valence-corrected chi connectivity index (χ0v) is 24.3. The number of thioether (sulfide) groups is 1. The molecule has 1 aromatic carbocycles. The third kappa shape index (κ3) is 8.15. The van der Waals surface area contributed by atoms with Crippen LogP contribution in [0.5, 0.6) is 0 Å². The van der Waals surface area contributed by atoms with E-state index in [-0.39, 0.29) is 11.8 Å². The first-order valence-corrected chi connectivity index (χ1v) is 15.2. The number of hydrogen-bond donors (Lipinski definition) is 5. The highest BCUT2D eigenvalue weighted by atomic mass is 32.2. The van der Waals surface area contributed by atoms with Gasteiger partial charge in [-0.25, -0.2) is 15.0 Å². The summed E-state index contributed by atoms with van der Waals surface area (Å²) in [5, 5.41) is 30.3. The van der Waals surface area contributed by atoms with Crippen molar-refractivity contribution in [1.82, 2.24) is 30.2 Å². The van der Waals surface area contributed by atoms with E-state index >= 15 is 0 Å². The normalized spacial score (nSPS) is 20.3. The lowest BCUT2D eigenvalue weighted by Gasteiger charge is -2.16. The van der Waals surface area contributed by atoms with Crippen LogP contribution in [-0.4, -0.2) is 84.5 Å². The van der Waals surface area contributed by atoms with Crippen molar-refractivity contribution in [3.05, 3.63) is 48.0 Å². The fourth-order valence-electron chi connectivity index (χ4n) is 4.58. The number of carbonyl (C=O) groups is 2. The van der Waals surface area contributed by atoms with Crippen LogP contribution in [-0.2, 0) is 16.1 Å². The number of aliphatic hydroxyl groups excluding tert-OH is 2. The third-order valence-electron chi connectivity index (χ3n) is 6.86. The lowest BCUT2D eigenvalue weighted by molar-refractivity contribution is -0.118. The van der Waals surface area contributed by atoms with Gasteiger partial charge in [-0.05, 0) is 24.1 Å². The lowest BCUT2D eigenvalue weighted by atomic mass is 10.1. The van der Waals surface area contributed by atoms with Crippen LogP contribution in [0.25, 0.3) is 11.2 Å². The predicted molar refractivity (Wildman–Crippen MR) is 157 cm³/mol. The molecule has 1 aliphatic rings. The van der Waals surface area contributed by atoms with Gasteiger partial charge in [0.25, 0.3) is 5.91 Å². The van der Waals surface area contributed by atoms with Crippen LogP contribution in [0.15, 0.2) is 36.9 Å². The van der Waals surface area contributed by atoms with Crippen molar-refractivity contribution in [2.45, 2.75) is 70.6 Å². The van der Waals surface area contributed by atoms with Gasteiger partial charge in [-0.1, -0.05) is 38.3 Å². The fourth-order valence-corrected chi connectivity index (χ4v) is 5.50. The number of aliphatic hydroxyl groups is 2. The van der Waals surface area contributed by atoms with E-state index in [9.17, 15) is 19.8 Å². The fraction of sp³-hybridized carbons (Fsp3) is 0.536. The number of benzene rings is 1. The quantitative estimate of drug-likeness (QED) is 0.167. The predicted octanol–water partition coefficient (Wildman–Crippen LogP) is 2.24. The number of nitrogens with one attached hydrogen (secondary N) is 3. The first kappa shape index (κ1) is 30.7. The van der Waals surface area contributed by atoms with Gasteiger partial charge in [0, 0.05) is 43.6 Å². The maximum atomic E-state index is 12.4. The monoisotopic (exact) mass is 585 g/mol. The summed E-state index contributed by atoms with van der Waals surface area (Å²) in [6.07, 6.45) is 3.70. The maximum absolute atomic E-state index is 12.4. The Morgan fingerprint density at radius 3 is 2.59 bits per heavy atom. The van der Waals surface area contributed by atoms with Gasteiger partial charge in [-0.3, -0.25) is 14.2 Å². The largest absolute Gasteiger partial charge is 0.387 e. The van der Waals surface area contributed by atoms with E-state index in [0.29, 0.717) is 53.7 Å². The van der Waals surface area contributed by atoms with E-state index in [0.717, 1.165) is 24.8 Å². The molecule has 0 bridgehead atoms. The van der Waals surface area contributed by atoms with Crippen LogP contribution < -0.4 is 16.0 Å². The molecule has 1 fully saturated rings. The number of anilines is 1. The van der Waals surface area contributed by atoms with Crippen molar-refractivity contribution in [2.24, 2.45) is 0 Å². The number of unbranched alkanes of at least 4 members (excludes halogenated alkanes) is 3. The summed E-state index contributed by atoms with van der Waals surface area (Å²) in [6.45, 7) is 5.28. The Hall–Kier alpha value is -3.26. The summed E-state index contributed by atoms with van der Waals surface area (Å²) in [7, 11) is 0. The molecule has 2 amide bonds. The number of aromatic nitrogens is 4. The topological polar surface area (TPSA) is 164 Å². The van der Waals surface area contributed by atoms with E-state index in [1.165, 1.54) is 37.8 Å². The first-order chi connectivity index (χ1) is 19.9. The minimum absolute atomic E-state index is 0.0729. The molecule has 0 radical (unpaired) electrons. The highest BCUT2D eigenvalue weighted by Crippen LogP contribution is 2.33. The van der Waals surface area contributed by atoms with Gasteiger partial charge in [0.05, 0.1) is 12.4 Å². The number of ether oxygens (including phenoxy) is 1. The average molecular weight is 586 g/mol. The molecule has 0 saturated carbocycles. The molecule has 41 heavy (non-hydrogen) atoms. The number of hydrogen-bond acceptors (Lipinski definition) is 10. The average Bonchev–Trinajstić information content (AvgIpc) is 3.52. The SMILES string of the molecule is CCCCCCNC(=O)c1ccc(CNc2ncnc3c2ncn3[C@@H]2O[C@H](CSCCNC(C)=O)[C@@H](O)[C@H]2O)cc1. The van der Waals surface area contributed by atoms with Crippen molar-refractivity contribution in [2.75, 3.05) is 29.9 Å². The van der Waals surface area contributed by atoms with Crippen LogP contribution in [0.2, 0.25) is 0 Å². The van der Waals surface area contributed by atoms with Gasteiger partial charge < -0.3 is 30.9 Å². The number of imidazole rings is 1. The summed E-state index contributed by atoms with van der Waals surface area (Å²) in [4.78, 5) is 36.5. The number of amides is 2. The minimum Gasteiger partial charge on any atom is -0.387 e. The van der Waals surface area contributed by atoms with Gasteiger partial charge in [-0.2, -0.15) is 11.8 Å². The van der Waals surface area contributed by atoms with Gasteiger partial charge in [-0.15, -0.1) is 0 Å². The molecular weight excluding hydrogens is 546 g/mol. The van der Waals surface area contributed by atoms with E-state index in [1.807, 2.05) is 12.1 Å². The Balaban J connectivity index is 1.33. The van der Waals surface area contributed by atoms with Gasteiger partial charge in [0.1, 0.15) is 18.5 Å². The molecule has 3 aromatic rings. The van der Waals surface area contributed by atoms with Crippen LogP contribution in [0.3, 0.4) is 0 Å². The van der Waals surface area contributed by atoms with Gasteiger partial charge in [0.15, 0.2) is 23.2 Å². The second kappa shape index (κ2) is 15.1. The Bertz CT molecular complexity index is 1290. The highest BCUT2D eigenvalue weighted by molar-refractivity contribution is 7.99. The van der Waals surface area contributed by atoms with Crippen molar-refractivity contribution in [1.29, 1.82) is 0 Å². The van der Waals surface area contributed by atoms with E-state index < -0.39 is 24.5 Å². The Morgan fingerprint density at radius 2 is 1.83 bits per heavy atom. The molecule has 0 spiro atoms. The number of nitrogens with zero attached hydrogens (tertiary/aromatic N) is 4. The molecule has 13 heteroatoms. The maximum Gasteiger partial charge on any atom is 0.251 e. The van der Waals surface area contributed by atoms with Gasteiger partial charge >= 0.3 is 0 Å². The minimum atomic E-state index is -1.16. The molecule has 5 N–H and O–H groups in total. The molecule has 222 valence electrons. The third-order valence-corrected chi connectivity index (χ3v) is 7.92. The number of carbonyl (C=O) groups excluding carboxylic acids is 2. The Kier molecular flexibility index (Phi) is 11.3. The second-order valence-corrected chi connectivity index (χ2v) is 11.2. The molecule has 12 nitrogen and oxygen atoms in total. The van der Waals surface area contributed by atoms with Crippen molar-refractivity contribution < 1.29 is 24.5 Å². The lowest BCUT2D eigenvalue weighted by Crippen LogP contribution is -2.33. The van der Waals surface area contributed by atoms with Crippen LogP contribution in [0.4, 0.5) is 5.82 Å². The van der Waals surface area contributed by atoms with E-state index in [2.05, 4.69) is 37.8 Å². The molecule has 1 saturated heterocycles. The zero-order chi connectivity index (χ0) is 29.2. The summed E-state index contributed by atoms with van der Waals surface area (Å²) >= 11 is 1.52. The summed E-state index contributed by atoms with van der Waals surface area (Å²) < 4.78 is 7.61. The molecule has 4 rings (SSSR count). The summed E-state index contributed by atoms with van der Waals surface area (Å²) in [5.41, 5.74) is 2.55. The zero-order valence-electron chi connectivity index (χ0n) is 23.5. The van der Waals surface area contributed by atoms with E-state index in [1.54, 1.807) is 16.7 Å². The smallest absolute Gasteiger partial charge is 0.251 e. The van der Waals surface area contributed by atoms with Gasteiger partial charge in [0.2, 0.25) is 5.91 Å². The summed E-state index contributed by atoms with van der Waals surface area (Å²) in [5.74, 6) is 1.48. The van der Waals surface area contributed by atoms with Crippen molar-refractivity contribution in [3.63, 3.8) is 0 Å². The van der Waals surface area contributed by atoms with Crippen molar-refractivity contribution in [3.8, 4) is 0 Å². The van der Waals surface area contributed by atoms with E-state index in [4.69, 9.17) is 4.74 Å². The van der Waals surface area contributed by atoms with Crippen LogP contribution in [0.1, 0.15) is 61.7 Å².